The first-order valence-electron chi connectivity index (χ1n) is 6.76. The van der Waals surface area contributed by atoms with Crippen molar-refractivity contribution in [2.75, 3.05) is 5.32 Å². The molecule has 0 bridgehead atoms. The van der Waals surface area contributed by atoms with E-state index in [1.165, 1.54) is 0 Å². The summed E-state index contributed by atoms with van der Waals surface area (Å²) in [5.74, 6) is 0.729. The first kappa shape index (κ1) is 13.2. The van der Waals surface area contributed by atoms with Crippen LogP contribution in [0.2, 0.25) is 0 Å². The van der Waals surface area contributed by atoms with E-state index >= 15 is 0 Å². The maximum Gasteiger partial charge on any atom is 0.224 e. The monoisotopic (exact) mass is 281 g/mol. The van der Waals surface area contributed by atoms with E-state index in [9.17, 15) is 4.79 Å². The van der Waals surface area contributed by atoms with E-state index in [1.54, 1.807) is 4.52 Å². The molecule has 0 saturated carbocycles. The third kappa shape index (κ3) is 2.60. The number of carbonyl (C=O) groups excluding carboxylic acids is 1. The second kappa shape index (κ2) is 5.32. The molecular weight excluding hydrogens is 266 g/mol. The van der Waals surface area contributed by atoms with E-state index in [1.807, 2.05) is 50.2 Å². The first-order chi connectivity index (χ1) is 10.2. The maximum absolute atomic E-state index is 11.5. The fraction of sp³-hybridized carbons (Fsp3) is 0.200. The average molecular weight is 281 g/mol. The van der Waals surface area contributed by atoms with Gasteiger partial charge in [-0.3, -0.25) is 4.79 Å². The average Bonchev–Trinajstić information content (AvgIpc) is 2.88. The second-order valence-corrected chi connectivity index (χ2v) is 4.72. The van der Waals surface area contributed by atoms with Crippen molar-refractivity contribution in [1.29, 1.82) is 0 Å². The zero-order valence-corrected chi connectivity index (χ0v) is 11.9. The Morgan fingerprint density at radius 3 is 2.90 bits per heavy atom. The smallest absolute Gasteiger partial charge is 0.224 e. The minimum Gasteiger partial charge on any atom is -0.326 e. The number of amides is 1. The molecule has 21 heavy (non-hydrogen) atoms. The molecule has 1 N–H and O–H groups in total. The summed E-state index contributed by atoms with van der Waals surface area (Å²) in [5, 5.41) is 15.4. The molecule has 0 atom stereocenters. The summed E-state index contributed by atoms with van der Waals surface area (Å²) in [7, 11) is 0. The molecule has 0 radical (unpaired) electrons. The van der Waals surface area contributed by atoms with Crippen LogP contribution in [-0.2, 0) is 4.79 Å². The van der Waals surface area contributed by atoms with Gasteiger partial charge in [0.15, 0.2) is 11.5 Å². The van der Waals surface area contributed by atoms with Gasteiger partial charge in [-0.2, -0.15) is 9.61 Å². The molecule has 0 unspecified atom stereocenters. The van der Waals surface area contributed by atoms with Gasteiger partial charge in [-0.05, 0) is 31.2 Å². The molecule has 0 fully saturated rings. The van der Waals surface area contributed by atoms with Crippen molar-refractivity contribution >= 4 is 17.2 Å². The number of nitrogens with zero attached hydrogens (tertiary/aromatic N) is 4. The van der Waals surface area contributed by atoms with E-state index in [-0.39, 0.29) is 5.91 Å². The summed E-state index contributed by atoms with van der Waals surface area (Å²) in [6.45, 7) is 3.68. The summed E-state index contributed by atoms with van der Waals surface area (Å²) in [4.78, 5) is 11.5. The molecule has 0 aliphatic heterocycles. The molecule has 1 amide bonds. The SMILES string of the molecule is CCC(=O)Nc1cccc(-c2ccc3nnc(C)n3n2)c1. The largest absolute Gasteiger partial charge is 0.326 e. The van der Waals surface area contributed by atoms with E-state index in [4.69, 9.17) is 0 Å². The van der Waals surface area contributed by atoms with Crippen LogP contribution in [-0.4, -0.2) is 25.7 Å². The number of aromatic nitrogens is 4. The molecule has 0 spiro atoms. The summed E-state index contributed by atoms with van der Waals surface area (Å²) < 4.78 is 1.70. The number of hydrogen-bond donors (Lipinski definition) is 1. The summed E-state index contributed by atoms with van der Waals surface area (Å²) in [6, 6.07) is 11.4. The van der Waals surface area contributed by atoms with Crippen molar-refractivity contribution in [3.05, 3.63) is 42.2 Å². The predicted molar refractivity (Wildman–Crippen MR) is 79.9 cm³/mol. The van der Waals surface area contributed by atoms with Crippen molar-refractivity contribution in [3.63, 3.8) is 0 Å². The molecule has 6 nitrogen and oxygen atoms in total. The fourth-order valence-corrected chi connectivity index (χ4v) is 2.06. The highest BCUT2D eigenvalue weighted by atomic mass is 16.1. The molecule has 2 aromatic heterocycles. The topological polar surface area (TPSA) is 72.2 Å². The van der Waals surface area contributed by atoms with Crippen LogP contribution in [0.4, 0.5) is 5.69 Å². The van der Waals surface area contributed by atoms with Crippen LogP contribution in [0.3, 0.4) is 0 Å². The van der Waals surface area contributed by atoms with Crippen LogP contribution < -0.4 is 5.32 Å². The van der Waals surface area contributed by atoms with Gasteiger partial charge in [0.1, 0.15) is 0 Å². The number of carbonyl (C=O) groups is 1. The maximum atomic E-state index is 11.5. The molecule has 2 heterocycles. The Morgan fingerprint density at radius 2 is 2.10 bits per heavy atom. The van der Waals surface area contributed by atoms with Gasteiger partial charge in [0.05, 0.1) is 5.69 Å². The highest BCUT2D eigenvalue weighted by Crippen LogP contribution is 2.21. The number of nitrogens with one attached hydrogen (secondary N) is 1. The van der Waals surface area contributed by atoms with Crippen LogP contribution in [0, 0.1) is 6.92 Å². The van der Waals surface area contributed by atoms with Crippen molar-refractivity contribution in [3.8, 4) is 11.3 Å². The number of fused-ring (bicyclic) bond motifs is 1. The van der Waals surface area contributed by atoms with E-state index in [2.05, 4.69) is 20.6 Å². The van der Waals surface area contributed by atoms with Crippen LogP contribution in [0.15, 0.2) is 36.4 Å². The van der Waals surface area contributed by atoms with Crippen molar-refractivity contribution in [1.82, 2.24) is 19.8 Å². The quantitative estimate of drug-likeness (QED) is 0.800. The first-order valence-corrected chi connectivity index (χ1v) is 6.76. The Bertz CT molecular complexity index is 809. The molecule has 0 aliphatic carbocycles. The zero-order valence-electron chi connectivity index (χ0n) is 11.9. The molecule has 0 saturated heterocycles. The molecule has 3 aromatic rings. The Morgan fingerprint density at radius 1 is 1.24 bits per heavy atom. The zero-order chi connectivity index (χ0) is 14.8. The van der Waals surface area contributed by atoms with Gasteiger partial charge in [-0.25, -0.2) is 0 Å². The lowest BCUT2D eigenvalue weighted by atomic mass is 10.1. The van der Waals surface area contributed by atoms with Crippen LogP contribution in [0.25, 0.3) is 16.9 Å². The van der Waals surface area contributed by atoms with Crippen molar-refractivity contribution in [2.45, 2.75) is 20.3 Å². The van der Waals surface area contributed by atoms with E-state index in [0.29, 0.717) is 12.1 Å². The minimum absolute atomic E-state index is 0.00906. The van der Waals surface area contributed by atoms with Crippen LogP contribution >= 0.6 is 0 Å². The highest BCUT2D eigenvalue weighted by Gasteiger charge is 2.07. The third-order valence-electron chi connectivity index (χ3n) is 3.18. The van der Waals surface area contributed by atoms with Crippen molar-refractivity contribution in [2.24, 2.45) is 0 Å². The number of benzene rings is 1. The lowest BCUT2D eigenvalue weighted by Gasteiger charge is -2.06. The highest BCUT2D eigenvalue weighted by molar-refractivity contribution is 5.91. The normalized spacial score (nSPS) is 10.8. The summed E-state index contributed by atoms with van der Waals surface area (Å²) in [6.07, 6.45) is 0.453. The van der Waals surface area contributed by atoms with Crippen LogP contribution in [0.1, 0.15) is 19.2 Å². The molecule has 106 valence electrons. The fourth-order valence-electron chi connectivity index (χ4n) is 2.06. The van der Waals surface area contributed by atoms with Crippen LogP contribution in [0.5, 0.6) is 0 Å². The summed E-state index contributed by atoms with van der Waals surface area (Å²) in [5.41, 5.74) is 3.21. The number of aryl methyl sites for hydroxylation is 1. The van der Waals surface area contributed by atoms with Gasteiger partial charge in [0, 0.05) is 17.7 Å². The van der Waals surface area contributed by atoms with Crippen molar-refractivity contribution < 1.29 is 4.79 Å². The third-order valence-corrected chi connectivity index (χ3v) is 3.18. The van der Waals surface area contributed by atoms with Gasteiger partial charge in [0.25, 0.3) is 0 Å². The van der Waals surface area contributed by atoms with E-state index < -0.39 is 0 Å². The lowest BCUT2D eigenvalue weighted by Crippen LogP contribution is -2.09. The minimum atomic E-state index is -0.00906. The van der Waals surface area contributed by atoms with Gasteiger partial charge in [-0.1, -0.05) is 19.1 Å². The Labute approximate surface area is 121 Å². The molecular formula is C15H15N5O. The van der Waals surface area contributed by atoms with E-state index in [0.717, 1.165) is 22.8 Å². The second-order valence-electron chi connectivity index (χ2n) is 4.72. The molecule has 0 aliphatic rings. The number of rotatable bonds is 3. The van der Waals surface area contributed by atoms with Gasteiger partial charge >= 0.3 is 0 Å². The Balaban J connectivity index is 1.99. The molecule has 3 rings (SSSR count). The number of anilines is 1. The standard InChI is InChI=1S/C15H15N5O/c1-3-15(21)16-12-6-4-5-11(9-12)13-7-8-14-18-17-10(2)20(14)19-13/h4-9H,3H2,1-2H3,(H,16,21). The van der Waals surface area contributed by atoms with Gasteiger partial charge < -0.3 is 5.32 Å². The molecule has 1 aromatic carbocycles. The summed E-state index contributed by atoms with van der Waals surface area (Å²) >= 11 is 0. The lowest BCUT2D eigenvalue weighted by molar-refractivity contribution is -0.115. The Hall–Kier alpha value is -2.76. The van der Waals surface area contributed by atoms with Gasteiger partial charge in [0.2, 0.25) is 5.91 Å². The Kier molecular flexibility index (Phi) is 3.35. The predicted octanol–water partition coefficient (Wildman–Crippen LogP) is 2.45. The number of hydrogen-bond acceptors (Lipinski definition) is 4. The van der Waals surface area contributed by atoms with Gasteiger partial charge in [-0.15, -0.1) is 10.2 Å². The molecule has 6 heteroatoms.